The van der Waals surface area contributed by atoms with Crippen molar-refractivity contribution in [3.05, 3.63) is 66.4 Å². The number of likely N-dealkylation sites (tertiary alicyclic amines) is 1. The molecule has 3 N–H and O–H groups in total. The second kappa shape index (κ2) is 9.24. The lowest BCUT2D eigenvalue weighted by molar-refractivity contribution is -0.130. The van der Waals surface area contributed by atoms with Crippen molar-refractivity contribution in [2.75, 3.05) is 12.3 Å². The summed E-state index contributed by atoms with van der Waals surface area (Å²) in [6.45, 7) is 0.683. The standard InChI is InChI=1S/C26H24N6O2/c27-13-12-22(33)32-14-4-5-19(32)15-18-16-29-24(23-25(18)30-31-26(23)28)17-8-10-21(11-9-17)34-20-6-2-1-3-7-20/h1-3,6-11,16,19H,4-5,12,14-15H2,(H3,28,30,31). The van der Waals surface area contributed by atoms with Gasteiger partial charge in [-0.15, -0.1) is 0 Å². The molecule has 0 saturated carbocycles. The Bertz CT molecular complexity index is 1360. The molecule has 170 valence electrons. The average molecular weight is 453 g/mol. The first-order valence-electron chi connectivity index (χ1n) is 11.2. The van der Waals surface area contributed by atoms with Crippen LogP contribution in [0, 0.1) is 11.3 Å². The number of carbonyl (C=O) groups excluding carboxylic acids is 1. The second-order valence-electron chi connectivity index (χ2n) is 8.35. The number of hydrogen-bond acceptors (Lipinski definition) is 6. The van der Waals surface area contributed by atoms with E-state index in [-0.39, 0.29) is 18.4 Å². The first kappa shape index (κ1) is 21.5. The molecule has 0 radical (unpaired) electrons. The van der Waals surface area contributed by atoms with Gasteiger partial charge in [-0.05, 0) is 61.2 Å². The number of nitrogen functional groups attached to an aromatic ring is 1. The van der Waals surface area contributed by atoms with Crippen molar-refractivity contribution in [2.24, 2.45) is 0 Å². The van der Waals surface area contributed by atoms with Gasteiger partial charge in [0.1, 0.15) is 17.9 Å². The van der Waals surface area contributed by atoms with Gasteiger partial charge in [0.25, 0.3) is 0 Å². The fraction of sp³-hybridized carbons (Fsp3) is 0.231. The molecule has 1 amide bonds. The van der Waals surface area contributed by atoms with E-state index in [1.165, 1.54) is 0 Å². The fourth-order valence-corrected chi connectivity index (χ4v) is 4.58. The lowest BCUT2D eigenvalue weighted by atomic mass is 10.0. The maximum atomic E-state index is 12.3. The van der Waals surface area contributed by atoms with Crippen LogP contribution in [0.4, 0.5) is 5.82 Å². The Labute approximate surface area is 197 Å². The van der Waals surface area contributed by atoms with Crippen molar-refractivity contribution in [1.82, 2.24) is 20.1 Å². The first-order chi connectivity index (χ1) is 16.6. The lowest BCUT2D eigenvalue weighted by Crippen LogP contribution is -2.36. The summed E-state index contributed by atoms with van der Waals surface area (Å²) in [6, 6.07) is 19.3. The van der Waals surface area contributed by atoms with Crippen LogP contribution in [-0.2, 0) is 11.2 Å². The number of aromatic amines is 1. The maximum absolute atomic E-state index is 12.3. The van der Waals surface area contributed by atoms with Crippen LogP contribution < -0.4 is 10.5 Å². The molecule has 1 aliphatic heterocycles. The van der Waals surface area contributed by atoms with Crippen molar-refractivity contribution in [2.45, 2.75) is 31.7 Å². The van der Waals surface area contributed by atoms with E-state index >= 15 is 0 Å². The number of nitrogens with zero attached hydrogens (tertiary/aromatic N) is 4. The molecule has 0 bridgehead atoms. The van der Waals surface area contributed by atoms with Gasteiger partial charge in [0.2, 0.25) is 5.91 Å². The molecule has 2 aromatic carbocycles. The third kappa shape index (κ3) is 4.16. The Hall–Kier alpha value is -4.38. The number of nitrogens with one attached hydrogen (secondary N) is 1. The van der Waals surface area contributed by atoms with Crippen molar-refractivity contribution in [1.29, 1.82) is 5.26 Å². The number of fused-ring (bicyclic) bond motifs is 1. The number of benzene rings is 2. The smallest absolute Gasteiger partial charge is 0.237 e. The fourth-order valence-electron chi connectivity index (χ4n) is 4.58. The Balaban J connectivity index is 1.42. The number of para-hydroxylation sites is 1. The summed E-state index contributed by atoms with van der Waals surface area (Å²) < 4.78 is 5.89. The van der Waals surface area contributed by atoms with Gasteiger partial charge >= 0.3 is 0 Å². The van der Waals surface area contributed by atoms with E-state index in [1.54, 1.807) is 0 Å². The molecule has 8 nitrogen and oxygen atoms in total. The molecular weight excluding hydrogens is 428 g/mol. The third-order valence-corrected chi connectivity index (χ3v) is 6.19. The number of rotatable bonds is 6. The number of pyridine rings is 1. The number of anilines is 1. The minimum Gasteiger partial charge on any atom is -0.457 e. The minimum atomic E-state index is -0.118. The summed E-state index contributed by atoms with van der Waals surface area (Å²) in [7, 11) is 0. The summed E-state index contributed by atoms with van der Waals surface area (Å²) in [5, 5.41) is 17.0. The van der Waals surface area contributed by atoms with E-state index in [1.807, 2.05) is 71.8 Å². The van der Waals surface area contributed by atoms with E-state index in [4.69, 9.17) is 20.7 Å². The van der Waals surface area contributed by atoms with E-state index in [0.717, 1.165) is 52.1 Å². The van der Waals surface area contributed by atoms with Crippen LogP contribution in [0.3, 0.4) is 0 Å². The molecular formula is C26H24N6O2. The number of hydrogen-bond donors (Lipinski definition) is 2. The molecule has 3 heterocycles. The number of nitriles is 1. The highest BCUT2D eigenvalue weighted by atomic mass is 16.5. The Morgan fingerprint density at radius 1 is 1.18 bits per heavy atom. The highest BCUT2D eigenvalue weighted by Gasteiger charge is 2.29. The highest BCUT2D eigenvalue weighted by molar-refractivity contribution is 6.01. The molecule has 1 unspecified atom stereocenters. The van der Waals surface area contributed by atoms with Crippen LogP contribution >= 0.6 is 0 Å². The molecule has 34 heavy (non-hydrogen) atoms. The highest BCUT2D eigenvalue weighted by Crippen LogP contribution is 2.34. The number of H-pyrrole nitrogens is 1. The van der Waals surface area contributed by atoms with E-state index < -0.39 is 0 Å². The van der Waals surface area contributed by atoms with Crippen LogP contribution in [0.2, 0.25) is 0 Å². The topological polar surface area (TPSA) is 121 Å². The van der Waals surface area contributed by atoms with Gasteiger partial charge in [0.15, 0.2) is 5.82 Å². The first-order valence-corrected chi connectivity index (χ1v) is 11.2. The summed E-state index contributed by atoms with van der Waals surface area (Å²) in [4.78, 5) is 18.9. The number of nitrogens with two attached hydrogens (primary N) is 1. The summed E-state index contributed by atoms with van der Waals surface area (Å²) in [5.41, 5.74) is 9.64. The zero-order chi connectivity index (χ0) is 23.5. The van der Waals surface area contributed by atoms with Gasteiger partial charge < -0.3 is 15.4 Å². The van der Waals surface area contributed by atoms with Crippen molar-refractivity contribution >= 4 is 22.6 Å². The van der Waals surface area contributed by atoms with E-state index in [0.29, 0.717) is 18.8 Å². The van der Waals surface area contributed by atoms with E-state index in [2.05, 4.69) is 10.2 Å². The Kier molecular flexibility index (Phi) is 5.83. The van der Waals surface area contributed by atoms with Crippen molar-refractivity contribution in [3.63, 3.8) is 0 Å². The predicted octanol–water partition coefficient (Wildman–Crippen LogP) is 4.45. The van der Waals surface area contributed by atoms with Gasteiger partial charge in [-0.25, -0.2) is 0 Å². The molecule has 2 aromatic heterocycles. The molecule has 8 heteroatoms. The summed E-state index contributed by atoms with van der Waals surface area (Å²) in [6.07, 6.45) is 4.19. The van der Waals surface area contributed by atoms with Crippen molar-refractivity contribution in [3.8, 4) is 28.8 Å². The van der Waals surface area contributed by atoms with Crippen molar-refractivity contribution < 1.29 is 9.53 Å². The van der Waals surface area contributed by atoms with Gasteiger partial charge in [-0.2, -0.15) is 10.4 Å². The zero-order valence-corrected chi connectivity index (χ0v) is 18.6. The number of aromatic nitrogens is 3. The number of carbonyl (C=O) groups is 1. The molecule has 1 fully saturated rings. The SMILES string of the molecule is N#CCC(=O)N1CCCC1Cc1cnc(-c2ccc(Oc3ccccc3)cc2)c2c(N)n[nH]c12. The largest absolute Gasteiger partial charge is 0.457 e. The normalized spacial score (nSPS) is 15.4. The van der Waals surface area contributed by atoms with Crippen LogP contribution in [0.15, 0.2) is 60.8 Å². The Morgan fingerprint density at radius 3 is 2.71 bits per heavy atom. The quantitative estimate of drug-likeness (QED) is 0.446. The maximum Gasteiger partial charge on any atom is 0.237 e. The predicted molar refractivity (Wildman–Crippen MR) is 129 cm³/mol. The van der Waals surface area contributed by atoms with E-state index in [9.17, 15) is 4.79 Å². The Morgan fingerprint density at radius 2 is 1.94 bits per heavy atom. The molecule has 5 rings (SSSR count). The summed E-state index contributed by atoms with van der Waals surface area (Å²) >= 11 is 0. The average Bonchev–Trinajstić information content (AvgIpc) is 3.48. The van der Waals surface area contributed by atoms with Gasteiger partial charge in [0.05, 0.1) is 22.7 Å². The molecule has 1 atom stereocenters. The number of amides is 1. The second-order valence-corrected chi connectivity index (χ2v) is 8.35. The van der Waals surface area contributed by atoms with Gasteiger partial charge in [0, 0.05) is 24.3 Å². The molecule has 4 aromatic rings. The third-order valence-electron chi connectivity index (χ3n) is 6.19. The van der Waals surface area contributed by atoms with Crippen LogP contribution in [0.5, 0.6) is 11.5 Å². The van der Waals surface area contributed by atoms with Crippen LogP contribution in [-0.4, -0.2) is 38.6 Å². The van der Waals surface area contributed by atoms with Crippen LogP contribution in [0.1, 0.15) is 24.8 Å². The zero-order valence-electron chi connectivity index (χ0n) is 18.6. The lowest BCUT2D eigenvalue weighted by Gasteiger charge is -2.24. The minimum absolute atomic E-state index is 0.0376. The van der Waals surface area contributed by atoms with Crippen LogP contribution in [0.25, 0.3) is 22.2 Å². The van der Waals surface area contributed by atoms with Gasteiger partial charge in [-0.3, -0.25) is 14.9 Å². The molecule has 0 aliphatic carbocycles. The monoisotopic (exact) mass is 452 g/mol. The van der Waals surface area contributed by atoms with Gasteiger partial charge in [-0.1, -0.05) is 18.2 Å². The summed E-state index contributed by atoms with van der Waals surface area (Å²) in [5.74, 6) is 1.76. The molecule has 1 aliphatic rings. The molecule has 1 saturated heterocycles. The molecule has 0 spiro atoms. The number of ether oxygens (including phenoxy) is 1.